The maximum atomic E-state index is 12.7. The Hall–Kier alpha value is -3.27. The molecule has 0 unspecified atom stereocenters. The number of carbonyl (C=O) groups excluding carboxylic acids is 3. The Morgan fingerprint density at radius 3 is 2.50 bits per heavy atom. The molecule has 1 fully saturated rings. The second-order valence-corrected chi connectivity index (χ2v) is 6.76. The molecule has 0 radical (unpaired) electrons. The predicted molar refractivity (Wildman–Crippen MR) is 110 cm³/mol. The van der Waals surface area contributed by atoms with Gasteiger partial charge in [-0.1, -0.05) is 6.07 Å². The van der Waals surface area contributed by atoms with Crippen LogP contribution in [-0.4, -0.2) is 86.3 Å². The van der Waals surface area contributed by atoms with E-state index in [1.165, 1.54) is 14.2 Å². The van der Waals surface area contributed by atoms with Crippen LogP contribution in [0.15, 0.2) is 18.2 Å². The van der Waals surface area contributed by atoms with Gasteiger partial charge in [-0.2, -0.15) is 0 Å². The van der Waals surface area contributed by atoms with Crippen LogP contribution in [0, 0.1) is 0 Å². The third kappa shape index (κ3) is 4.48. The van der Waals surface area contributed by atoms with Gasteiger partial charge in [-0.05, 0) is 19.1 Å². The minimum Gasteiger partial charge on any atom is -0.496 e. The lowest BCUT2D eigenvalue weighted by molar-refractivity contribution is -0.117. The first-order valence-corrected chi connectivity index (χ1v) is 9.69. The molecule has 1 saturated heterocycles. The maximum absolute atomic E-state index is 12.7. The SMILES string of the molecule is CCOC(=O)N1CCN(CC(=O)Nc2c(C(=O)OC)[nH]c3cccc(OC)c23)CC1. The van der Waals surface area contributed by atoms with Gasteiger partial charge in [0.25, 0.3) is 0 Å². The van der Waals surface area contributed by atoms with Crippen molar-refractivity contribution in [3.63, 3.8) is 0 Å². The van der Waals surface area contributed by atoms with E-state index in [1.807, 2.05) is 4.90 Å². The molecule has 10 nitrogen and oxygen atoms in total. The van der Waals surface area contributed by atoms with Crippen molar-refractivity contribution in [3.8, 4) is 5.75 Å². The first kappa shape index (κ1) is 21.4. The fourth-order valence-corrected chi connectivity index (χ4v) is 3.45. The minimum atomic E-state index is -0.591. The van der Waals surface area contributed by atoms with E-state index in [4.69, 9.17) is 14.2 Å². The Kier molecular flexibility index (Phi) is 6.78. The van der Waals surface area contributed by atoms with Gasteiger partial charge in [0.15, 0.2) is 0 Å². The Labute approximate surface area is 174 Å². The summed E-state index contributed by atoms with van der Waals surface area (Å²) in [4.78, 5) is 43.3. The van der Waals surface area contributed by atoms with Gasteiger partial charge in [0.05, 0.1) is 44.0 Å². The fraction of sp³-hybridized carbons (Fsp3) is 0.450. The summed E-state index contributed by atoms with van der Waals surface area (Å²) >= 11 is 0. The van der Waals surface area contributed by atoms with Crippen molar-refractivity contribution >= 4 is 34.6 Å². The van der Waals surface area contributed by atoms with Gasteiger partial charge in [0, 0.05) is 26.2 Å². The van der Waals surface area contributed by atoms with Crippen LogP contribution >= 0.6 is 0 Å². The van der Waals surface area contributed by atoms with Crippen molar-refractivity contribution in [2.24, 2.45) is 0 Å². The first-order chi connectivity index (χ1) is 14.5. The van der Waals surface area contributed by atoms with Crippen LogP contribution in [0.4, 0.5) is 10.5 Å². The Balaban J connectivity index is 1.72. The number of anilines is 1. The lowest BCUT2D eigenvalue weighted by Crippen LogP contribution is -2.50. The standard InChI is InChI=1S/C20H26N4O6/c1-4-30-20(27)24-10-8-23(9-11-24)12-15(25)22-17-16-13(6-5-7-14(16)28-2)21-18(17)19(26)29-3/h5-7,21H,4,8-12H2,1-3H3,(H,22,25). The summed E-state index contributed by atoms with van der Waals surface area (Å²) < 4.78 is 15.2. The molecular weight excluding hydrogens is 392 g/mol. The number of methoxy groups -OCH3 is 2. The van der Waals surface area contributed by atoms with Crippen LogP contribution in [0.2, 0.25) is 0 Å². The van der Waals surface area contributed by atoms with E-state index in [0.29, 0.717) is 55.1 Å². The summed E-state index contributed by atoms with van der Waals surface area (Å²) in [6.45, 7) is 4.29. The zero-order valence-corrected chi connectivity index (χ0v) is 17.3. The van der Waals surface area contributed by atoms with E-state index >= 15 is 0 Å². The quantitative estimate of drug-likeness (QED) is 0.686. The van der Waals surface area contributed by atoms with Crippen molar-refractivity contribution in [1.82, 2.24) is 14.8 Å². The van der Waals surface area contributed by atoms with Crippen molar-refractivity contribution in [2.45, 2.75) is 6.92 Å². The molecule has 1 aliphatic heterocycles. The molecular formula is C20H26N4O6. The van der Waals surface area contributed by atoms with Gasteiger partial charge in [-0.3, -0.25) is 9.69 Å². The highest BCUT2D eigenvalue weighted by atomic mass is 16.6. The number of esters is 1. The number of amides is 2. The molecule has 10 heteroatoms. The molecule has 2 amide bonds. The van der Waals surface area contributed by atoms with Crippen LogP contribution in [0.1, 0.15) is 17.4 Å². The van der Waals surface area contributed by atoms with Crippen molar-refractivity contribution in [3.05, 3.63) is 23.9 Å². The van der Waals surface area contributed by atoms with Gasteiger partial charge in [-0.25, -0.2) is 9.59 Å². The number of aromatic amines is 1. The van der Waals surface area contributed by atoms with Crippen molar-refractivity contribution in [2.75, 3.05) is 58.9 Å². The highest BCUT2D eigenvalue weighted by Crippen LogP contribution is 2.35. The number of benzene rings is 1. The van der Waals surface area contributed by atoms with Crippen LogP contribution in [0.3, 0.4) is 0 Å². The number of H-pyrrole nitrogens is 1. The van der Waals surface area contributed by atoms with E-state index in [1.54, 1.807) is 30.0 Å². The Bertz CT molecular complexity index is 933. The number of hydrogen-bond donors (Lipinski definition) is 2. The number of rotatable bonds is 6. The molecule has 3 rings (SSSR count). The summed E-state index contributed by atoms with van der Waals surface area (Å²) in [5.74, 6) is -0.347. The lowest BCUT2D eigenvalue weighted by Gasteiger charge is -2.33. The molecule has 0 bridgehead atoms. The second kappa shape index (κ2) is 9.49. The van der Waals surface area contributed by atoms with Gasteiger partial charge in [-0.15, -0.1) is 0 Å². The molecule has 2 heterocycles. The average Bonchev–Trinajstić information content (AvgIpc) is 3.12. The highest BCUT2D eigenvalue weighted by Gasteiger charge is 2.26. The highest BCUT2D eigenvalue weighted by molar-refractivity contribution is 6.13. The molecule has 2 N–H and O–H groups in total. The van der Waals surface area contributed by atoms with Gasteiger partial charge < -0.3 is 29.4 Å². The average molecular weight is 418 g/mol. The molecule has 0 spiro atoms. The smallest absolute Gasteiger partial charge is 0.409 e. The van der Waals surface area contributed by atoms with E-state index in [-0.39, 0.29) is 24.2 Å². The largest absolute Gasteiger partial charge is 0.496 e. The predicted octanol–water partition coefficient (Wildman–Crippen LogP) is 1.68. The molecule has 30 heavy (non-hydrogen) atoms. The summed E-state index contributed by atoms with van der Waals surface area (Å²) in [7, 11) is 2.80. The maximum Gasteiger partial charge on any atom is 0.409 e. The minimum absolute atomic E-state index is 0.124. The fourth-order valence-electron chi connectivity index (χ4n) is 3.45. The number of nitrogens with zero attached hydrogens (tertiary/aromatic N) is 2. The summed E-state index contributed by atoms with van der Waals surface area (Å²) in [5, 5.41) is 3.43. The zero-order valence-electron chi connectivity index (χ0n) is 17.3. The van der Waals surface area contributed by atoms with Gasteiger partial charge in [0.2, 0.25) is 5.91 Å². The first-order valence-electron chi connectivity index (χ1n) is 9.69. The second-order valence-electron chi connectivity index (χ2n) is 6.76. The molecule has 0 saturated carbocycles. The number of ether oxygens (including phenoxy) is 3. The van der Waals surface area contributed by atoms with E-state index in [2.05, 4.69) is 10.3 Å². The molecule has 0 atom stereocenters. The van der Waals surface area contributed by atoms with Crippen LogP contribution < -0.4 is 10.1 Å². The van der Waals surface area contributed by atoms with E-state index in [9.17, 15) is 14.4 Å². The summed E-state index contributed by atoms with van der Waals surface area (Å²) in [6, 6.07) is 5.32. The molecule has 1 aromatic carbocycles. The van der Waals surface area contributed by atoms with Crippen LogP contribution in [-0.2, 0) is 14.3 Å². The van der Waals surface area contributed by atoms with Crippen LogP contribution in [0.5, 0.6) is 5.75 Å². The number of piperazine rings is 1. The van der Waals surface area contributed by atoms with E-state index in [0.717, 1.165) is 0 Å². The number of hydrogen-bond acceptors (Lipinski definition) is 7. The number of carbonyl (C=O) groups is 3. The molecule has 162 valence electrons. The zero-order chi connectivity index (χ0) is 21.7. The Morgan fingerprint density at radius 2 is 1.87 bits per heavy atom. The van der Waals surface area contributed by atoms with E-state index < -0.39 is 5.97 Å². The topological polar surface area (TPSA) is 113 Å². The third-order valence-corrected chi connectivity index (χ3v) is 4.93. The van der Waals surface area contributed by atoms with Crippen molar-refractivity contribution < 1.29 is 28.6 Å². The summed E-state index contributed by atoms with van der Waals surface area (Å²) in [6.07, 6.45) is -0.338. The van der Waals surface area contributed by atoms with Crippen LogP contribution in [0.25, 0.3) is 10.9 Å². The number of fused-ring (bicyclic) bond motifs is 1. The number of nitrogens with one attached hydrogen (secondary N) is 2. The normalized spacial score (nSPS) is 14.4. The Morgan fingerprint density at radius 1 is 1.13 bits per heavy atom. The van der Waals surface area contributed by atoms with Crippen molar-refractivity contribution in [1.29, 1.82) is 0 Å². The molecule has 1 aromatic heterocycles. The summed E-state index contributed by atoms with van der Waals surface area (Å²) in [5.41, 5.74) is 1.12. The molecule has 0 aliphatic carbocycles. The molecule has 2 aromatic rings. The lowest BCUT2D eigenvalue weighted by atomic mass is 10.2. The number of aromatic nitrogens is 1. The van der Waals surface area contributed by atoms with Gasteiger partial charge >= 0.3 is 12.1 Å². The monoisotopic (exact) mass is 418 g/mol. The molecule has 1 aliphatic rings. The van der Waals surface area contributed by atoms with Gasteiger partial charge in [0.1, 0.15) is 11.4 Å². The third-order valence-electron chi connectivity index (χ3n) is 4.93.